The molecule has 1 aliphatic rings. The molecule has 0 aromatic carbocycles. The maximum Gasteiger partial charge on any atom is 0.0380 e. The van der Waals surface area contributed by atoms with E-state index in [4.69, 9.17) is 11.7 Å². The first-order valence-corrected chi connectivity index (χ1v) is 3.75. The molecule has 60 valence electrons. The molecule has 0 radical (unpaired) electrons. The van der Waals surface area contributed by atoms with Crippen molar-refractivity contribution in [1.29, 1.82) is 0 Å². The fourth-order valence-electron chi connectivity index (χ4n) is 1.26. The van der Waals surface area contributed by atoms with Gasteiger partial charge in [0.2, 0.25) is 0 Å². The van der Waals surface area contributed by atoms with Gasteiger partial charge in [-0.1, -0.05) is 6.92 Å². The number of nitrogens with two attached hydrogens (primary N) is 2. The molecule has 0 saturated carbocycles. The number of rotatable bonds is 1. The molecule has 4 N–H and O–H groups in total. The van der Waals surface area contributed by atoms with E-state index in [1.54, 1.807) is 0 Å². The predicted molar refractivity (Wildman–Crippen MR) is 40.7 cm³/mol. The van der Waals surface area contributed by atoms with Crippen LogP contribution >= 0.6 is 0 Å². The van der Waals surface area contributed by atoms with Crippen molar-refractivity contribution in [3.63, 3.8) is 0 Å². The summed E-state index contributed by atoms with van der Waals surface area (Å²) in [5, 5.41) is 3.71. The molecule has 1 fully saturated rings. The molecule has 0 amide bonds. The van der Waals surface area contributed by atoms with E-state index in [0.29, 0.717) is 6.04 Å². The maximum absolute atomic E-state index is 5.70. The van der Waals surface area contributed by atoms with Gasteiger partial charge in [-0.2, -0.15) is 0 Å². The summed E-state index contributed by atoms with van der Waals surface area (Å²) in [6.45, 7) is 4.79. The molecule has 1 aliphatic heterocycles. The molecule has 0 aromatic heterocycles. The Balaban J connectivity index is 2.38. The van der Waals surface area contributed by atoms with E-state index in [1.165, 1.54) is 0 Å². The first-order valence-electron chi connectivity index (χ1n) is 3.75. The first-order chi connectivity index (χ1) is 4.74. The summed E-state index contributed by atoms with van der Waals surface area (Å²) in [6.07, 6.45) is 1.07. The SMILES string of the molecule is CCC1CN(N)CCN1N. The van der Waals surface area contributed by atoms with Gasteiger partial charge in [-0.25, -0.2) is 10.0 Å². The molecular weight excluding hydrogens is 128 g/mol. The molecule has 1 atom stereocenters. The van der Waals surface area contributed by atoms with Crippen LogP contribution in [-0.4, -0.2) is 35.7 Å². The van der Waals surface area contributed by atoms with Crippen molar-refractivity contribution >= 4 is 0 Å². The van der Waals surface area contributed by atoms with Crippen LogP contribution in [0.3, 0.4) is 0 Å². The second kappa shape index (κ2) is 3.30. The highest BCUT2D eigenvalue weighted by Gasteiger charge is 2.20. The average Bonchev–Trinajstić information content (AvgIpc) is 1.94. The zero-order valence-corrected chi connectivity index (χ0v) is 6.45. The minimum atomic E-state index is 0.443. The molecule has 0 spiro atoms. The second-order valence-electron chi connectivity index (χ2n) is 2.79. The van der Waals surface area contributed by atoms with Gasteiger partial charge in [0.1, 0.15) is 0 Å². The van der Waals surface area contributed by atoms with Crippen LogP contribution in [0.4, 0.5) is 0 Å². The number of hydrogen-bond acceptors (Lipinski definition) is 4. The third-order valence-corrected chi connectivity index (χ3v) is 2.03. The van der Waals surface area contributed by atoms with Crippen LogP contribution < -0.4 is 11.7 Å². The highest BCUT2D eigenvalue weighted by molar-refractivity contribution is 4.74. The summed E-state index contributed by atoms with van der Waals surface area (Å²) in [5.41, 5.74) is 0. The smallest absolute Gasteiger partial charge is 0.0380 e. The number of piperazine rings is 1. The normalized spacial score (nSPS) is 30.9. The fraction of sp³-hybridized carbons (Fsp3) is 1.00. The molecule has 1 rings (SSSR count). The Morgan fingerprint density at radius 3 is 2.60 bits per heavy atom. The van der Waals surface area contributed by atoms with Crippen molar-refractivity contribution < 1.29 is 0 Å². The quantitative estimate of drug-likeness (QED) is 0.470. The molecular formula is C6H16N4. The molecule has 1 saturated heterocycles. The number of hydrogen-bond donors (Lipinski definition) is 2. The van der Waals surface area contributed by atoms with Crippen molar-refractivity contribution in [2.45, 2.75) is 19.4 Å². The largest absolute Gasteiger partial charge is 0.269 e. The summed E-state index contributed by atoms with van der Waals surface area (Å²) in [5.74, 6) is 11.3. The molecule has 1 heterocycles. The van der Waals surface area contributed by atoms with Crippen LogP contribution in [0, 0.1) is 0 Å². The van der Waals surface area contributed by atoms with Gasteiger partial charge >= 0.3 is 0 Å². The lowest BCUT2D eigenvalue weighted by atomic mass is 10.2. The van der Waals surface area contributed by atoms with E-state index in [9.17, 15) is 0 Å². The lowest BCUT2D eigenvalue weighted by Gasteiger charge is -2.36. The van der Waals surface area contributed by atoms with Gasteiger partial charge in [0.25, 0.3) is 0 Å². The van der Waals surface area contributed by atoms with E-state index >= 15 is 0 Å². The third kappa shape index (κ3) is 1.67. The molecule has 4 nitrogen and oxygen atoms in total. The van der Waals surface area contributed by atoms with Crippen LogP contribution in [0.1, 0.15) is 13.3 Å². The van der Waals surface area contributed by atoms with E-state index in [0.717, 1.165) is 26.1 Å². The highest BCUT2D eigenvalue weighted by atomic mass is 15.5. The summed E-state index contributed by atoms with van der Waals surface area (Å²) < 4.78 is 0. The molecule has 0 aliphatic carbocycles. The zero-order chi connectivity index (χ0) is 7.56. The van der Waals surface area contributed by atoms with Gasteiger partial charge in [-0.05, 0) is 6.42 Å². The first kappa shape index (κ1) is 7.94. The van der Waals surface area contributed by atoms with Gasteiger partial charge < -0.3 is 0 Å². The Kier molecular flexibility index (Phi) is 2.62. The minimum Gasteiger partial charge on any atom is -0.269 e. The van der Waals surface area contributed by atoms with Crippen LogP contribution in [0.5, 0.6) is 0 Å². The standard InChI is InChI=1S/C6H16N4/c1-2-6-5-9(7)3-4-10(6)8/h6H,2-5,7-8H2,1H3. The molecule has 0 aromatic rings. The van der Waals surface area contributed by atoms with Crippen LogP contribution in [0.15, 0.2) is 0 Å². The van der Waals surface area contributed by atoms with E-state index in [2.05, 4.69) is 6.92 Å². The van der Waals surface area contributed by atoms with Gasteiger partial charge in [-0.3, -0.25) is 11.7 Å². The molecule has 1 unspecified atom stereocenters. The highest BCUT2D eigenvalue weighted by Crippen LogP contribution is 2.04. The fourth-order valence-corrected chi connectivity index (χ4v) is 1.26. The summed E-state index contributed by atoms with van der Waals surface area (Å²) in [6, 6.07) is 0.443. The van der Waals surface area contributed by atoms with Crippen molar-refractivity contribution in [3.8, 4) is 0 Å². The van der Waals surface area contributed by atoms with Crippen LogP contribution in [-0.2, 0) is 0 Å². The van der Waals surface area contributed by atoms with Crippen molar-refractivity contribution in [3.05, 3.63) is 0 Å². The van der Waals surface area contributed by atoms with Crippen molar-refractivity contribution in [2.24, 2.45) is 11.7 Å². The Hall–Kier alpha value is -0.160. The Morgan fingerprint density at radius 1 is 1.40 bits per heavy atom. The third-order valence-electron chi connectivity index (χ3n) is 2.03. The van der Waals surface area contributed by atoms with Gasteiger partial charge in [0, 0.05) is 25.7 Å². The Labute approximate surface area is 61.7 Å². The summed E-state index contributed by atoms with van der Waals surface area (Å²) in [4.78, 5) is 0. The van der Waals surface area contributed by atoms with Crippen molar-refractivity contribution in [1.82, 2.24) is 10.0 Å². The maximum atomic E-state index is 5.70. The minimum absolute atomic E-state index is 0.443. The van der Waals surface area contributed by atoms with Crippen LogP contribution in [0.25, 0.3) is 0 Å². The number of nitrogens with zero attached hydrogens (tertiary/aromatic N) is 2. The average molecular weight is 144 g/mol. The number of hydrazine groups is 2. The Morgan fingerprint density at radius 2 is 2.10 bits per heavy atom. The monoisotopic (exact) mass is 144 g/mol. The van der Waals surface area contributed by atoms with Crippen molar-refractivity contribution in [2.75, 3.05) is 19.6 Å². The topological polar surface area (TPSA) is 58.5 Å². The van der Waals surface area contributed by atoms with Crippen LogP contribution in [0.2, 0.25) is 0 Å². The van der Waals surface area contributed by atoms with E-state index in [-0.39, 0.29) is 0 Å². The summed E-state index contributed by atoms with van der Waals surface area (Å²) >= 11 is 0. The van der Waals surface area contributed by atoms with Gasteiger partial charge in [0.05, 0.1) is 0 Å². The van der Waals surface area contributed by atoms with E-state index in [1.807, 2.05) is 10.0 Å². The lowest BCUT2D eigenvalue weighted by molar-refractivity contribution is 0.0726. The molecule has 10 heavy (non-hydrogen) atoms. The predicted octanol–water partition coefficient (Wildman–Crippen LogP) is -0.870. The molecule has 0 bridgehead atoms. The van der Waals surface area contributed by atoms with Gasteiger partial charge in [0.15, 0.2) is 0 Å². The van der Waals surface area contributed by atoms with E-state index < -0.39 is 0 Å². The molecule has 4 heteroatoms. The zero-order valence-electron chi connectivity index (χ0n) is 6.45. The van der Waals surface area contributed by atoms with Gasteiger partial charge in [-0.15, -0.1) is 0 Å². The Bertz CT molecular complexity index is 106. The second-order valence-corrected chi connectivity index (χ2v) is 2.79. The lowest BCUT2D eigenvalue weighted by Crippen LogP contribution is -2.57. The summed E-state index contributed by atoms with van der Waals surface area (Å²) in [7, 11) is 0.